The minimum atomic E-state index is -4.88. The van der Waals surface area contributed by atoms with Gasteiger partial charge in [-0.2, -0.15) is 13.2 Å². The lowest BCUT2D eigenvalue weighted by molar-refractivity contribution is -0.153. The molecule has 1 aromatic carbocycles. The molecule has 7 nitrogen and oxygen atoms in total. The molecule has 0 unspecified atom stereocenters. The fourth-order valence-electron chi connectivity index (χ4n) is 2.59. The molecule has 30 heavy (non-hydrogen) atoms. The minimum Gasteiger partial charge on any atom is -0.431 e. The van der Waals surface area contributed by atoms with Gasteiger partial charge in [-0.15, -0.1) is 0 Å². The molecule has 0 fully saturated rings. The summed E-state index contributed by atoms with van der Waals surface area (Å²) < 4.78 is 50.0. The number of ether oxygens (including phenoxy) is 1. The van der Waals surface area contributed by atoms with E-state index in [1.165, 1.54) is 24.4 Å². The normalized spacial score (nSPS) is 11.4. The number of hydrogen-bond donors (Lipinski definition) is 1. The van der Waals surface area contributed by atoms with Crippen LogP contribution < -0.4 is 10.2 Å². The molecule has 3 aromatic rings. The Morgan fingerprint density at radius 2 is 1.93 bits per heavy atom. The molecule has 0 aliphatic rings. The van der Waals surface area contributed by atoms with E-state index < -0.39 is 23.5 Å². The number of nitrogens with zero attached hydrogens (tertiary/aromatic N) is 3. The average molecular weight is 420 g/mol. The smallest absolute Gasteiger partial charge is 0.431 e. The van der Waals surface area contributed by atoms with Crippen LogP contribution in [0.4, 0.5) is 24.7 Å². The Hall–Kier alpha value is -3.40. The molecule has 1 N–H and O–H groups in total. The quantitative estimate of drug-likeness (QED) is 0.620. The molecular weight excluding hydrogens is 401 g/mol. The second-order valence-electron chi connectivity index (χ2n) is 6.33. The van der Waals surface area contributed by atoms with Crippen molar-refractivity contribution in [1.82, 2.24) is 9.97 Å². The van der Waals surface area contributed by atoms with Crippen molar-refractivity contribution in [2.45, 2.75) is 6.18 Å². The summed E-state index contributed by atoms with van der Waals surface area (Å²) in [5.74, 6) is -2.17. The van der Waals surface area contributed by atoms with Crippen molar-refractivity contribution in [2.75, 3.05) is 37.5 Å². The third-order valence-corrected chi connectivity index (χ3v) is 4.15. The zero-order valence-corrected chi connectivity index (χ0v) is 16.2. The predicted octanol–water partition coefficient (Wildman–Crippen LogP) is 4.09. The number of alkyl halides is 3. The number of amides is 1. The number of halogens is 3. The molecule has 0 saturated heterocycles. The van der Waals surface area contributed by atoms with E-state index in [2.05, 4.69) is 15.3 Å². The predicted molar refractivity (Wildman–Crippen MR) is 104 cm³/mol. The van der Waals surface area contributed by atoms with Gasteiger partial charge < -0.3 is 19.4 Å². The summed E-state index contributed by atoms with van der Waals surface area (Å²) in [6.45, 7) is 1.11. The SMILES string of the molecule is COCCN(C)c1ccc(NC(=O)c2nc(-c3ccccc3)oc2C(F)(F)F)cn1. The van der Waals surface area contributed by atoms with Crippen LogP contribution >= 0.6 is 0 Å². The largest absolute Gasteiger partial charge is 0.452 e. The van der Waals surface area contributed by atoms with E-state index >= 15 is 0 Å². The first kappa shape index (κ1) is 21.3. The number of carbonyl (C=O) groups excluding carboxylic acids is 1. The van der Waals surface area contributed by atoms with Crippen LogP contribution in [0.25, 0.3) is 11.5 Å². The second-order valence-corrected chi connectivity index (χ2v) is 6.33. The molecule has 2 heterocycles. The molecule has 1 amide bonds. The minimum absolute atomic E-state index is 0.223. The van der Waals surface area contributed by atoms with Crippen LogP contribution in [0.5, 0.6) is 0 Å². The monoisotopic (exact) mass is 420 g/mol. The summed E-state index contributed by atoms with van der Waals surface area (Å²) in [4.78, 5) is 22.3. The third kappa shape index (κ3) is 4.95. The standard InChI is InChI=1S/C20H19F3N4O3/c1-27(10-11-29-2)15-9-8-14(12-24-15)25-18(28)16-17(20(21,22)23)30-19(26-16)13-6-4-3-5-7-13/h3-9,12H,10-11H2,1-2H3,(H,25,28). The number of carbonyl (C=O) groups is 1. The highest BCUT2D eigenvalue weighted by atomic mass is 19.4. The molecule has 0 saturated carbocycles. The van der Waals surface area contributed by atoms with Gasteiger partial charge in [-0.05, 0) is 24.3 Å². The zero-order chi connectivity index (χ0) is 21.7. The van der Waals surface area contributed by atoms with Crippen molar-refractivity contribution < 1.29 is 27.1 Å². The number of hydrogen-bond acceptors (Lipinski definition) is 6. The van der Waals surface area contributed by atoms with Crippen LogP contribution in [0.2, 0.25) is 0 Å². The molecule has 0 spiro atoms. The van der Waals surface area contributed by atoms with Gasteiger partial charge in [0.15, 0.2) is 5.69 Å². The van der Waals surface area contributed by atoms with Crippen LogP contribution in [-0.2, 0) is 10.9 Å². The fraction of sp³-hybridized carbons (Fsp3) is 0.250. The Bertz CT molecular complexity index is 989. The topological polar surface area (TPSA) is 80.5 Å². The van der Waals surface area contributed by atoms with Crippen molar-refractivity contribution in [3.63, 3.8) is 0 Å². The van der Waals surface area contributed by atoms with E-state index in [1.54, 1.807) is 31.4 Å². The van der Waals surface area contributed by atoms with Gasteiger partial charge in [0.1, 0.15) is 5.82 Å². The summed E-state index contributed by atoms with van der Waals surface area (Å²) in [5.41, 5.74) is -0.295. The lowest BCUT2D eigenvalue weighted by atomic mass is 10.2. The van der Waals surface area contributed by atoms with Crippen LogP contribution in [0.15, 0.2) is 53.1 Å². The molecule has 3 rings (SSSR count). The molecule has 10 heteroatoms. The van der Waals surface area contributed by atoms with Gasteiger partial charge >= 0.3 is 6.18 Å². The summed E-state index contributed by atoms with van der Waals surface area (Å²) in [7, 11) is 3.40. The van der Waals surface area contributed by atoms with Gasteiger partial charge in [-0.3, -0.25) is 4.79 Å². The van der Waals surface area contributed by atoms with E-state index in [1.807, 2.05) is 11.9 Å². The first-order valence-electron chi connectivity index (χ1n) is 8.90. The third-order valence-electron chi connectivity index (χ3n) is 4.15. The highest BCUT2D eigenvalue weighted by molar-refractivity contribution is 6.04. The lowest BCUT2D eigenvalue weighted by Gasteiger charge is -2.17. The van der Waals surface area contributed by atoms with E-state index in [-0.39, 0.29) is 11.6 Å². The van der Waals surface area contributed by atoms with Crippen LogP contribution in [0.1, 0.15) is 16.2 Å². The van der Waals surface area contributed by atoms with Crippen molar-refractivity contribution in [3.8, 4) is 11.5 Å². The van der Waals surface area contributed by atoms with Gasteiger partial charge in [0.05, 0.1) is 18.5 Å². The maximum Gasteiger partial charge on any atom is 0.452 e. The van der Waals surface area contributed by atoms with Crippen LogP contribution in [-0.4, -0.2) is 43.2 Å². The number of methoxy groups -OCH3 is 1. The molecule has 0 aliphatic carbocycles. The Balaban J connectivity index is 1.82. The summed E-state index contributed by atoms with van der Waals surface area (Å²) >= 11 is 0. The number of nitrogens with one attached hydrogen (secondary N) is 1. The number of pyridine rings is 1. The van der Waals surface area contributed by atoms with Crippen LogP contribution in [0.3, 0.4) is 0 Å². The maximum absolute atomic E-state index is 13.4. The number of rotatable bonds is 7. The summed E-state index contributed by atoms with van der Waals surface area (Å²) in [5, 5.41) is 2.38. The van der Waals surface area contributed by atoms with Crippen molar-refractivity contribution in [1.29, 1.82) is 0 Å². The fourth-order valence-corrected chi connectivity index (χ4v) is 2.59. The van der Waals surface area contributed by atoms with Crippen molar-refractivity contribution in [3.05, 3.63) is 60.1 Å². The Kier molecular flexibility index (Phi) is 6.36. The summed E-state index contributed by atoms with van der Waals surface area (Å²) in [6, 6.07) is 11.2. The highest BCUT2D eigenvalue weighted by Gasteiger charge is 2.42. The van der Waals surface area contributed by atoms with Gasteiger partial charge in [-0.1, -0.05) is 18.2 Å². The molecule has 0 atom stereocenters. The Morgan fingerprint density at radius 1 is 1.20 bits per heavy atom. The average Bonchev–Trinajstić information content (AvgIpc) is 3.19. The van der Waals surface area contributed by atoms with Crippen molar-refractivity contribution >= 4 is 17.4 Å². The number of anilines is 2. The van der Waals surface area contributed by atoms with Gasteiger partial charge in [0.25, 0.3) is 5.91 Å². The molecule has 2 aromatic heterocycles. The van der Waals surface area contributed by atoms with E-state index in [9.17, 15) is 18.0 Å². The molecular formula is C20H19F3N4O3. The molecule has 0 aliphatic heterocycles. The van der Waals surface area contributed by atoms with Gasteiger partial charge in [0.2, 0.25) is 11.7 Å². The summed E-state index contributed by atoms with van der Waals surface area (Å²) in [6.07, 6.45) is -3.53. The highest BCUT2D eigenvalue weighted by Crippen LogP contribution is 2.35. The van der Waals surface area contributed by atoms with Gasteiger partial charge in [0, 0.05) is 26.3 Å². The first-order valence-corrected chi connectivity index (χ1v) is 8.90. The second kappa shape index (κ2) is 8.95. The molecule has 158 valence electrons. The lowest BCUT2D eigenvalue weighted by Crippen LogP contribution is -2.23. The zero-order valence-electron chi connectivity index (χ0n) is 16.2. The van der Waals surface area contributed by atoms with E-state index in [0.717, 1.165) is 0 Å². The maximum atomic E-state index is 13.4. The van der Waals surface area contributed by atoms with E-state index in [4.69, 9.17) is 9.15 Å². The van der Waals surface area contributed by atoms with Gasteiger partial charge in [-0.25, -0.2) is 9.97 Å². The van der Waals surface area contributed by atoms with E-state index in [0.29, 0.717) is 24.5 Å². The Labute approximate surface area is 170 Å². The molecule has 0 radical (unpaired) electrons. The first-order chi connectivity index (χ1) is 14.3. The van der Waals surface area contributed by atoms with Crippen molar-refractivity contribution in [2.24, 2.45) is 0 Å². The number of aromatic nitrogens is 2. The van der Waals surface area contributed by atoms with Crippen LogP contribution in [0, 0.1) is 0 Å². The number of benzene rings is 1. The number of likely N-dealkylation sites (N-methyl/N-ethyl adjacent to an activating group) is 1. The molecule has 0 bridgehead atoms. The Morgan fingerprint density at radius 3 is 2.53 bits per heavy atom. The number of oxazole rings is 1.